The van der Waals surface area contributed by atoms with Crippen LogP contribution in [0.3, 0.4) is 0 Å². The normalized spacial score (nSPS) is 12.6. The van der Waals surface area contributed by atoms with Gasteiger partial charge in [-0.05, 0) is 31.0 Å². The molecule has 0 aliphatic carbocycles. The predicted octanol–water partition coefficient (Wildman–Crippen LogP) is 3.51. The fourth-order valence-corrected chi connectivity index (χ4v) is 1.64. The van der Waals surface area contributed by atoms with E-state index < -0.39 is 0 Å². The van der Waals surface area contributed by atoms with Gasteiger partial charge >= 0.3 is 0 Å². The van der Waals surface area contributed by atoms with Gasteiger partial charge in [-0.25, -0.2) is 0 Å². The largest absolute Gasteiger partial charge is 0.490 e. The number of halogens is 1. The molecule has 16 heavy (non-hydrogen) atoms. The zero-order valence-electron chi connectivity index (χ0n) is 9.66. The third-order valence-corrected chi connectivity index (χ3v) is 3.17. The Morgan fingerprint density at radius 2 is 2.00 bits per heavy atom. The second-order valence-electron chi connectivity index (χ2n) is 4.07. The van der Waals surface area contributed by atoms with Gasteiger partial charge in [-0.1, -0.05) is 42.0 Å². The molecule has 2 nitrogen and oxygen atoms in total. The first-order valence-electron chi connectivity index (χ1n) is 5.18. The monoisotopic (exact) mass is 301 g/mol. The number of benzene rings is 1. The Morgan fingerprint density at radius 3 is 2.50 bits per heavy atom. The van der Waals surface area contributed by atoms with E-state index in [1.54, 1.807) is 0 Å². The maximum atomic E-state index is 5.85. The summed E-state index contributed by atoms with van der Waals surface area (Å²) in [5, 5.41) is 0. The van der Waals surface area contributed by atoms with Gasteiger partial charge < -0.3 is 10.5 Å². The molecular weight excluding hydrogens is 286 g/mol. The number of hydrogen-bond acceptors (Lipinski definition) is 2. The summed E-state index contributed by atoms with van der Waals surface area (Å²) in [6, 6.07) is 5.67. The third kappa shape index (κ3) is 3.46. The number of hydrogen-bond donors (Lipinski definition) is 1. The minimum Gasteiger partial charge on any atom is -0.490 e. The molecule has 0 aliphatic rings. The standard InChI is InChI=1S/C12H16BrNOS/c1-7(2)8(3)15-11-6-9(13)4-5-10(11)12(14)16/h4-8H,1-3H3,(H2,14,16). The molecule has 2 N–H and O–H groups in total. The summed E-state index contributed by atoms with van der Waals surface area (Å²) in [7, 11) is 0. The van der Waals surface area contributed by atoms with Crippen LogP contribution in [-0.2, 0) is 0 Å². The molecule has 4 heteroatoms. The first-order chi connectivity index (χ1) is 7.41. The van der Waals surface area contributed by atoms with Crippen LogP contribution in [0, 0.1) is 5.92 Å². The number of thiocarbonyl (C=S) groups is 1. The lowest BCUT2D eigenvalue weighted by atomic mass is 10.1. The average Bonchev–Trinajstić information content (AvgIpc) is 2.16. The van der Waals surface area contributed by atoms with Gasteiger partial charge in [-0.15, -0.1) is 0 Å². The lowest BCUT2D eigenvalue weighted by molar-refractivity contribution is 0.170. The van der Waals surface area contributed by atoms with Crippen molar-refractivity contribution in [2.24, 2.45) is 11.7 Å². The lowest BCUT2D eigenvalue weighted by Crippen LogP contribution is -2.21. The Balaban J connectivity index is 3.01. The molecule has 0 aliphatic heterocycles. The van der Waals surface area contributed by atoms with Crippen molar-refractivity contribution in [2.75, 3.05) is 0 Å². The Hall–Kier alpha value is -0.610. The fraction of sp³-hybridized carbons (Fsp3) is 0.417. The van der Waals surface area contributed by atoms with Gasteiger partial charge in [0.15, 0.2) is 0 Å². The van der Waals surface area contributed by atoms with Crippen LogP contribution < -0.4 is 10.5 Å². The molecule has 0 saturated heterocycles. The van der Waals surface area contributed by atoms with Crippen LogP contribution in [0.2, 0.25) is 0 Å². The highest BCUT2D eigenvalue weighted by Crippen LogP contribution is 2.25. The van der Waals surface area contributed by atoms with E-state index in [0.29, 0.717) is 10.9 Å². The highest BCUT2D eigenvalue weighted by molar-refractivity contribution is 9.10. The zero-order valence-corrected chi connectivity index (χ0v) is 12.1. The van der Waals surface area contributed by atoms with E-state index >= 15 is 0 Å². The summed E-state index contributed by atoms with van der Waals surface area (Å²) in [4.78, 5) is 0.360. The van der Waals surface area contributed by atoms with Crippen LogP contribution in [0.5, 0.6) is 5.75 Å². The quantitative estimate of drug-likeness (QED) is 0.865. The molecule has 1 aromatic carbocycles. The van der Waals surface area contributed by atoms with Crippen LogP contribution in [0.15, 0.2) is 22.7 Å². The second kappa shape index (κ2) is 5.64. The highest BCUT2D eigenvalue weighted by atomic mass is 79.9. The summed E-state index contributed by atoms with van der Waals surface area (Å²) in [6.45, 7) is 6.26. The first kappa shape index (κ1) is 13.5. The summed E-state index contributed by atoms with van der Waals surface area (Å²) in [6.07, 6.45) is 0.127. The van der Waals surface area contributed by atoms with E-state index in [-0.39, 0.29) is 6.10 Å². The van der Waals surface area contributed by atoms with Crippen molar-refractivity contribution in [2.45, 2.75) is 26.9 Å². The molecule has 0 bridgehead atoms. The van der Waals surface area contributed by atoms with Crippen LogP contribution in [-0.4, -0.2) is 11.1 Å². The number of nitrogens with two attached hydrogens (primary N) is 1. The summed E-state index contributed by atoms with van der Waals surface area (Å²) in [5.74, 6) is 1.18. The Labute approximate surface area is 110 Å². The number of rotatable bonds is 4. The second-order valence-corrected chi connectivity index (χ2v) is 5.43. The molecule has 0 amide bonds. The fourth-order valence-electron chi connectivity index (χ4n) is 1.13. The zero-order chi connectivity index (χ0) is 12.3. The van der Waals surface area contributed by atoms with Crippen molar-refractivity contribution < 1.29 is 4.74 Å². The van der Waals surface area contributed by atoms with Gasteiger partial charge in [0, 0.05) is 4.47 Å². The maximum absolute atomic E-state index is 5.85. The average molecular weight is 302 g/mol. The minimum absolute atomic E-state index is 0.127. The van der Waals surface area contributed by atoms with Crippen molar-refractivity contribution in [3.8, 4) is 5.75 Å². The van der Waals surface area contributed by atoms with Crippen LogP contribution >= 0.6 is 28.1 Å². The topological polar surface area (TPSA) is 35.2 Å². The van der Waals surface area contributed by atoms with E-state index in [1.807, 2.05) is 25.1 Å². The highest BCUT2D eigenvalue weighted by Gasteiger charge is 2.13. The molecule has 0 heterocycles. The van der Waals surface area contributed by atoms with Gasteiger partial charge in [-0.2, -0.15) is 0 Å². The van der Waals surface area contributed by atoms with Gasteiger partial charge in [0.2, 0.25) is 0 Å². The van der Waals surface area contributed by atoms with Crippen molar-refractivity contribution in [1.29, 1.82) is 0 Å². The molecule has 1 unspecified atom stereocenters. The molecule has 1 atom stereocenters. The van der Waals surface area contributed by atoms with E-state index in [0.717, 1.165) is 15.8 Å². The first-order valence-corrected chi connectivity index (χ1v) is 6.38. The van der Waals surface area contributed by atoms with Crippen LogP contribution in [0.4, 0.5) is 0 Å². The molecule has 0 spiro atoms. The molecular formula is C12H16BrNOS. The molecule has 88 valence electrons. The van der Waals surface area contributed by atoms with Crippen molar-refractivity contribution in [3.05, 3.63) is 28.2 Å². The number of ether oxygens (including phenoxy) is 1. The van der Waals surface area contributed by atoms with E-state index in [1.165, 1.54) is 0 Å². The SMILES string of the molecule is CC(C)C(C)Oc1cc(Br)ccc1C(N)=S. The Bertz CT molecular complexity index is 393. The van der Waals surface area contributed by atoms with Crippen molar-refractivity contribution in [3.63, 3.8) is 0 Å². The van der Waals surface area contributed by atoms with Gasteiger partial charge in [0.1, 0.15) is 10.7 Å². The van der Waals surface area contributed by atoms with Crippen LogP contribution in [0.25, 0.3) is 0 Å². The maximum Gasteiger partial charge on any atom is 0.131 e. The van der Waals surface area contributed by atoms with E-state index in [4.69, 9.17) is 22.7 Å². The smallest absolute Gasteiger partial charge is 0.131 e. The molecule has 0 aromatic heterocycles. The molecule has 1 rings (SSSR count). The molecule has 1 aromatic rings. The lowest BCUT2D eigenvalue weighted by Gasteiger charge is -2.20. The van der Waals surface area contributed by atoms with Gasteiger partial charge in [0.25, 0.3) is 0 Å². The molecule has 0 fully saturated rings. The summed E-state index contributed by atoms with van der Waals surface area (Å²) < 4.78 is 6.81. The van der Waals surface area contributed by atoms with Crippen molar-refractivity contribution >= 4 is 33.1 Å². The summed E-state index contributed by atoms with van der Waals surface area (Å²) >= 11 is 8.40. The van der Waals surface area contributed by atoms with Crippen molar-refractivity contribution in [1.82, 2.24) is 0 Å². The summed E-state index contributed by atoms with van der Waals surface area (Å²) in [5.41, 5.74) is 6.44. The minimum atomic E-state index is 0.127. The van der Waals surface area contributed by atoms with Crippen LogP contribution in [0.1, 0.15) is 26.3 Å². The van der Waals surface area contributed by atoms with E-state index in [9.17, 15) is 0 Å². The molecule has 0 radical (unpaired) electrons. The Morgan fingerprint density at radius 1 is 1.38 bits per heavy atom. The Kier molecular flexibility index (Phi) is 4.74. The molecule has 0 saturated carbocycles. The van der Waals surface area contributed by atoms with Gasteiger partial charge in [0.05, 0.1) is 11.7 Å². The predicted molar refractivity (Wildman–Crippen MR) is 75.0 cm³/mol. The van der Waals surface area contributed by atoms with Gasteiger partial charge in [-0.3, -0.25) is 0 Å². The third-order valence-electron chi connectivity index (χ3n) is 2.46. The van der Waals surface area contributed by atoms with E-state index in [2.05, 4.69) is 29.8 Å².